The number of carbonyl (C=O) groups is 1. The topological polar surface area (TPSA) is 97.7 Å². The predicted molar refractivity (Wildman–Crippen MR) is 129 cm³/mol. The van der Waals surface area contributed by atoms with E-state index in [4.69, 9.17) is 21.1 Å². The lowest BCUT2D eigenvalue weighted by Crippen LogP contribution is -2.20. The number of hydrogen-bond donors (Lipinski definition) is 2. The summed E-state index contributed by atoms with van der Waals surface area (Å²) in [5.41, 5.74) is 4.20. The molecule has 1 heterocycles. The van der Waals surface area contributed by atoms with Crippen molar-refractivity contribution in [3.63, 3.8) is 0 Å². The van der Waals surface area contributed by atoms with Gasteiger partial charge in [-0.2, -0.15) is 10.2 Å². The van der Waals surface area contributed by atoms with Crippen LogP contribution in [0, 0.1) is 0 Å². The van der Waals surface area contributed by atoms with Crippen molar-refractivity contribution in [3.05, 3.63) is 83.5 Å². The molecule has 0 fully saturated rings. The fourth-order valence-corrected chi connectivity index (χ4v) is 3.24. The Balaban J connectivity index is 1.39. The number of carbonyl (C=O) groups excluding carboxylic acids is 1. The highest BCUT2D eigenvalue weighted by atomic mass is 35.5. The van der Waals surface area contributed by atoms with E-state index in [2.05, 4.69) is 26.0 Å². The van der Waals surface area contributed by atoms with Crippen LogP contribution >= 0.6 is 11.6 Å². The van der Waals surface area contributed by atoms with E-state index in [9.17, 15) is 4.79 Å². The van der Waals surface area contributed by atoms with Crippen molar-refractivity contribution in [1.29, 1.82) is 0 Å². The van der Waals surface area contributed by atoms with E-state index in [1.54, 1.807) is 54.9 Å². The molecular weight excluding hydrogens is 442 g/mol. The maximum Gasteiger partial charge on any atom is 0.262 e. The van der Waals surface area contributed by atoms with Crippen LogP contribution in [-0.2, 0) is 4.79 Å². The number of nitrogens with one attached hydrogen (secondary N) is 2. The monoisotopic (exact) mass is 461 g/mol. The molecule has 0 aliphatic carbocycles. The van der Waals surface area contributed by atoms with Gasteiger partial charge in [0.25, 0.3) is 5.91 Å². The van der Waals surface area contributed by atoms with Crippen LogP contribution in [-0.4, -0.2) is 36.0 Å². The van der Waals surface area contributed by atoms with Gasteiger partial charge >= 0.3 is 0 Å². The molecule has 0 radical (unpaired) electrons. The summed E-state index contributed by atoms with van der Waals surface area (Å²) >= 11 is 6.06. The summed E-state index contributed by atoms with van der Waals surface area (Å²) < 4.78 is 11.0. The van der Waals surface area contributed by atoms with Crippen molar-refractivity contribution in [3.8, 4) is 11.5 Å². The van der Waals surface area contributed by atoms with Gasteiger partial charge in [-0.15, -0.1) is 5.10 Å². The predicted octanol–water partition coefficient (Wildman–Crippen LogP) is 4.76. The molecule has 3 aromatic carbocycles. The van der Waals surface area contributed by atoms with Crippen LogP contribution in [0.15, 0.2) is 78.0 Å². The van der Waals surface area contributed by atoms with Crippen LogP contribution in [0.2, 0.25) is 5.02 Å². The molecule has 33 heavy (non-hydrogen) atoms. The molecule has 9 heteroatoms. The molecule has 2 N–H and O–H groups in total. The molecule has 8 nitrogen and oxygen atoms in total. The number of hydrazone groups is 1. The third-order valence-electron chi connectivity index (χ3n) is 4.65. The Kier molecular flexibility index (Phi) is 6.96. The second-order valence-corrected chi connectivity index (χ2v) is 7.28. The average Bonchev–Trinajstić information content (AvgIpc) is 2.84. The fraction of sp³-hybridized carbons (Fsp3) is 0.0833. The van der Waals surface area contributed by atoms with Crippen LogP contribution in [0.3, 0.4) is 0 Å². The Bertz CT molecular complexity index is 1310. The number of hydrogen-bond acceptors (Lipinski definition) is 7. The first-order valence-corrected chi connectivity index (χ1v) is 10.4. The number of anilines is 2. The summed E-state index contributed by atoms with van der Waals surface area (Å²) in [5, 5.41) is 17.4. The smallest absolute Gasteiger partial charge is 0.262 e. The summed E-state index contributed by atoms with van der Waals surface area (Å²) in [6, 6.07) is 20.0. The van der Waals surface area contributed by atoms with E-state index in [0.29, 0.717) is 28.0 Å². The molecule has 0 spiro atoms. The minimum absolute atomic E-state index is 0.198. The summed E-state index contributed by atoms with van der Waals surface area (Å²) in [7, 11) is 1.52. The van der Waals surface area contributed by atoms with Gasteiger partial charge in [-0.1, -0.05) is 48.0 Å². The lowest BCUT2D eigenvalue weighted by Gasteiger charge is -2.12. The van der Waals surface area contributed by atoms with Gasteiger partial charge in [0.2, 0.25) is 0 Å². The van der Waals surface area contributed by atoms with E-state index >= 15 is 0 Å². The molecule has 0 atom stereocenters. The molecule has 1 aromatic heterocycles. The van der Waals surface area contributed by atoms with Gasteiger partial charge in [-0.25, -0.2) is 0 Å². The Hall–Kier alpha value is -4.17. The number of rotatable bonds is 8. The molecule has 0 aliphatic rings. The number of aromatic nitrogens is 2. The number of para-hydroxylation sites is 1. The van der Waals surface area contributed by atoms with Crippen molar-refractivity contribution < 1.29 is 14.3 Å². The number of fused-ring (bicyclic) bond motifs is 1. The Labute approximate surface area is 195 Å². The normalized spacial score (nSPS) is 10.8. The molecule has 166 valence electrons. The van der Waals surface area contributed by atoms with Gasteiger partial charge in [-0.3, -0.25) is 10.2 Å². The SMILES string of the molecule is COc1cc(/C=N/Nc2nncc3ccccc23)ccc1OCC(=O)Nc1ccccc1Cl. The molecule has 0 bridgehead atoms. The first-order valence-electron chi connectivity index (χ1n) is 9.99. The zero-order valence-electron chi connectivity index (χ0n) is 17.7. The number of nitrogens with zero attached hydrogens (tertiary/aromatic N) is 3. The molecule has 0 saturated heterocycles. The zero-order chi connectivity index (χ0) is 23.0. The van der Waals surface area contributed by atoms with Gasteiger partial charge in [0.1, 0.15) is 0 Å². The van der Waals surface area contributed by atoms with Crippen molar-refractivity contribution in [2.24, 2.45) is 5.10 Å². The number of halogens is 1. The lowest BCUT2D eigenvalue weighted by molar-refractivity contribution is -0.118. The van der Waals surface area contributed by atoms with Crippen molar-refractivity contribution >= 4 is 46.0 Å². The van der Waals surface area contributed by atoms with E-state index in [-0.39, 0.29) is 12.5 Å². The van der Waals surface area contributed by atoms with Crippen LogP contribution < -0.4 is 20.2 Å². The molecule has 4 rings (SSSR count). The molecule has 4 aromatic rings. The van der Waals surface area contributed by atoms with Crippen molar-refractivity contribution in [2.45, 2.75) is 0 Å². The lowest BCUT2D eigenvalue weighted by atomic mass is 10.2. The van der Waals surface area contributed by atoms with Crippen molar-refractivity contribution in [1.82, 2.24) is 10.2 Å². The largest absolute Gasteiger partial charge is 0.493 e. The first-order chi connectivity index (χ1) is 16.1. The highest BCUT2D eigenvalue weighted by molar-refractivity contribution is 6.33. The summed E-state index contributed by atoms with van der Waals surface area (Å²) in [6.45, 7) is -0.198. The van der Waals surface area contributed by atoms with Crippen LogP contribution in [0.1, 0.15) is 5.56 Å². The highest BCUT2D eigenvalue weighted by Crippen LogP contribution is 2.28. The maximum atomic E-state index is 12.2. The minimum Gasteiger partial charge on any atom is -0.493 e. The summed E-state index contributed by atoms with van der Waals surface area (Å²) in [5.74, 6) is 1.11. The van der Waals surface area contributed by atoms with E-state index in [1.165, 1.54) is 7.11 Å². The fourth-order valence-electron chi connectivity index (χ4n) is 3.05. The van der Waals surface area contributed by atoms with Crippen molar-refractivity contribution in [2.75, 3.05) is 24.5 Å². The quantitative estimate of drug-likeness (QED) is 0.290. The molecule has 0 unspecified atom stereocenters. The Morgan fingerprint density at radius 1 is 1.09 bits per heavy atom. The summed E-state index contributed by atoms with van der Waals surface area (Å²) in [4.78, 5) is 12.2. The van der Waals surface area contributed by atoms with Gasteiger partial charge < -0.3 is 14.8 Å². The highest BCUT2D eigenvalue weighted by Gasteiger charge is 2.10. The van der Waals surface area contributed by atoms with E-state index in [1.807, 2.05) is 24.3 Å². The third kappa shape index (κ3) is 5.55. The Morgan fingerprint density at radius 2 is 1.91 bits per heavy atom. The molecule has 0 aliphatic heterocycles. The van der Waals surface area contributed by atoms with Gasteiger partial charge in [0.15, 0.2) is 23.9 Å². The molecule has 0 saturated carbocycles. The van der Waals surface area contributed by atoms with Gasteiger partial charge in [-0.05, 0) is 35.9 Å². The molecular formula is C24H20ClN5O3. The number of methoxy groups -OCH3 is 1. The van der Waals surface area contributed by atoms with E-state index < -0.39 is 0 Å². The summed E-state index contributed by atoms with van der Waals surface area (Å²) in [6.07, 6.45) is 3.32. The van der Waals surface area contributed by atoms with Gasteiger partial charge in [0.05, 0.1) is 30.2 Å². The van der Waals surface area contributed by atoms with Crippen LogP contribution in [0.5, 0.6) is 11.5 Å². The minimum atomic E-state index is -0.337. The standard InChI is InChI=1S/C24H20ClN5O3/c1-32-22-12-16(13-26-29-24-18-7-3-2-6-17(18)14-27-30-24)10-11-21(22)33-15-23(31)28-20-9-5-4-8-19(20)25/h2-14H,15H2,1H3,(H,28,31)(H,29,30)/b26-13+. The van der Waals surface area contributed by atoms with E-state index in [0.717, 1.165) is 16.3 Å². The van der Waals surface area contributed by atoms with Crippen LogP contribution in [0.25, 0.3) is 10.8 Å². The first kappa shape index (κ1) is 22.0. The third-order valence-corrected chi connectivity index (χ3v) is 4.98. The molecule has 1 amide bonds. The van der Waals surface area contributed by atoms with Crippen LogP contribution in [0.4, 0.5) is 11.5 Å². The second-order valence-electron chi connectivity index (χ2n) is 6.88. The Morgan fingerprint density at radius 3 is 2.76 bits per heavy atom. The number of ether oxygens (including phenoxy) is 2. The second kappa shape index (κ2) is 10.4. The average molecular weight is 462 g/mol. The van der Waals surface area contributed by atoms with Gasteiger partial charge in [0, 0.05) is 10.8 Å². The number of amides is 1. The maximum absolute atomic E-state index is 12.2. The zero-order valence-corrected chi connectivity index (χ0v) is 18.4. The number of benzene rings is 3.